The Morgan fingerprint density at radius 2 is 2.12 bits per heavy atom. The van der Waals surface area contributed by atoms with Gasteiger partial charge in [0.05, 0.1) is 16.1 Å². The molecule has 0 saturated heterocycles. The summed E-state index contributed by atoms with van der Waals surface area (Å²) < 4.78 is 0. The largest absolute Gasteiger partial charge is 0.409 e. The SMILES string of the molecule is CC(NC(=O)c1ccc(Cl)c(Cl)c1)/C(N)=N/O. The Morgan fingerprint density at radius 1 is 1.47 bits per heavy atom. The van der Waals surface area contributed by atoms with Gasteiger partial charge in [-0.2, -0.15) is 0 Å². The number of hydrogen-bond donors (Lipinski definition) is 3. The second-order valence-electron chi connectivity index (χ2n) is 3.35. The third-order valence-electron chi connectivity index (χ3n) is 2.09. The second kappa shape index (κ2) is 5.75. The van der Waals surface area contributed by atoms with Crippen molar-refractivity contribution in [3.63, 3.8) is 0 Å². The van der Waals surface area contributed by atoms with Crippen LogP contribution in [0.5, 0.6) is 0 Å². The molecule has 0 aliphatic carbocycles. The van der Waals surface area contributed by atoms with Crippen molar-refractivity contribution < 1.29 is 10.0 Å². The summed E-state index contributed by atoms with van der Waals surface area (Å²) in [5.74, 6) is -0.471. The molecular weight excluding hydrogens is 265 g/mol. The van der Waals surface area contributed by atoms with Crippen LogP contribution in [-0.4, -0.2) is 23.0 Å². The lowest BCUT2D eigenvalue weighted by Gasteiger charge is -2.12. The minimum atomic E-state index is -0.582. The number of nitrogens with zero attached hydrogens (tertiary/aromatic N) is 1. The van der Waals surface area contributed by atoms with Gasteiger partial charge in [0.15, 0.2) is 5.84 Å². The number of nitrogens with two attached hydrogens (primary N) is 1. The number of amides is 1. The molecule has 0 radical (unpaired) electrons. The van der Waals surface area contributed by atoms with Crippen LogP contribution >= 0.6 is 23.2 Å². The maximum Gasteiger partial charge on any atom is 0.251 e. The normalized spacial score (nSPS) is 13.2. The first-order chi connectivity index (χ1) is 7.95. The van der Waals surface area contributed by atoms with Crippen LogP contribution in [0.3, 0.4) is 0 Å². The summed E-state index contributed by atoms with van der Waals surface area (Å²) in [5.41, 5.74) is 5.68. The van der Waals surface area contributed by atoms with E-state index in [1.54, 1.807) is 6.92 Å². The first-order valence-electron chi connectivity index (χ1n) is 4.69. The summed E-state index contributed by atoms with van der Waals surface area (Å²) in [4.78, 5) is 11.7. The Labute approximate surface area is 108 Å². The molecule has 92 valence electrons. The number of amidine groups is 1. The molecule has 0 bridgehead atoms. The highest BCUT2D eigenvalue weighted by Crippen LogP contribution is 2.22. The maximum absolute atomic E-state index is 11.7. The van der Waals surface area contributed by atoms with Gasteiger partial charge in [-0.15, -0.1) is 0 Å². The minimum absolute atomic E-state index is 0.0848. The molecule has 1 amide bonds. The van der Waals surface area contributed by atoms with Crippen LogP contribution in [0.15, 0.2) is 23.4 Å². The Bertz CT molecular complexity index is 463. The number of halogens is 2. The molecule has 0 aliphatic heterocycles. The minimum Gasteiger partial charge on any atom is -0.409 e. The average molecular weight is 276 g/mol. The second-order valence-corrected chi connectivity index (χ2v) is 4.16. The third kappa shape index (κ3) is 3.51. The maximum atomic E-state index is 11.7. The Balaban J connectivity index is 2.80. The van der Waals surface area contributed by atoms with Crippen LogP contribution in [0.2, 0.25) is 10.0 Å². The predicted octanol–water partition coefficient (Wildman–Crippen LogP) is 1.86. The fraction of sp³-hybridized carbons (Fsp3) is 0.200. The number of rotatable bonds is 3. The topological polar surface area (TPSA) is 87.7 Å². The molecule has 1 rings (SSSR count). The van der Waals surface area contributed by atoms with Crippen LogP contribution in [0.1, 0.15) is 17.3 Å². The zero-order chi connectivity index (χ0) is 13.0. The highest BCUT2D eigenvalue weighted by molar-refractivity contribution is 6.42. The van der Waals surface area contributed by atoms with Crippen LogP contribution in [0.25, 0.3) is 0 Å². The number of oxime groups is 1. The molecule has 0 fully saturated rings. The summed E-state index contributed by atoms with van der Waals surface area (Å²) in [7, 11) is 0. The predicted molar refractivity (Wildman–Crippen MR) is 66.8 cm³/mol. The van der Waals surface area contributed by atoms with Gasteiger partial charge in [0.25, 0.3) is 5.91 Å². The fourth-order valence-electron chi connectivity index (χ4n) is 1.08. The molecule has 0 aromatic heterocycles. The van der Waals surface area contributed by atoms with E-state index in [2.05, 4.69) is 10.5 Å². The smallest absolute Gasteiger partial charge is 0.251 e. The third-order valence-corrected chi connectivity index (χ3v) is 2.83. The fourth-order valence-corrected chi connectivity index (χ4v) is 1.38. The van der Waals surface area contributed by atoms with E-state index in [-0.39, 0.29) is 16.8 Å². The van der Waals surface area contributed by atoms with Crippen molar-refractivity contribution >= 4 is 34.9 Å². The van der Waals surface area contributed by atoms with Crippen LogP contribution in [0, 0.1) is 0 Å². The molecule has 17 heavy (non-hydrogen) atoms. The van der Waals surface area contributed by atoms with Crippen molar-refractivity contribution in [2.45, 2.75) is 13.0 Å². The molecule has 1 aromatic rings. The number of nitrogens with one attached hydrogen (secondary N) is 1. The first-order valence-corrected chi connectivity index (χ1v) is 5.44. The van der Waals surface area contributed by atoms with E-state index in [1.807, 2.05) is 0 Å². The van der Waals surface area contributed by atoms with Gasteiger partial charge in [-0.25, -0.2) is 0 Å². The molecule has 1 aromatic carbocycles. The van der Waals surface area contributed by atoms with Crippen LogP contribution in [-0.2, 0) is 0 Å². The van der Waals surface area contributed by atoms with E-state index in [0.29, 0.717) is 10.6 Å². The lowest BCUT2D eigenvalue weighted by atomic mass is 10.2. The average Bonchev–Trinajstić information content (AvgIpc) is 2.31. The monoisotopic (exact) mass is 275 g/mol. The molecule has 7 heteroatoms. The van der Waals surface area contributed by atoms with Crippen LogP contribution in [0.4, 0.5) is 0 Å². The van der Waals surface area contributed by atoms with Gasteiger partial charge in [-0.1, -0.05) is 28.4 Å². The Kier molecular flexibility index (Phi) is 4.60. The van der Waals surface area contributed by atoms with E-state index in [1.165, 1.54) is 18.2 Å². The summed E-state index contributed by atoms with van der Waals surface area (Å²) in [5, 5.41) is 14.4. The van der Waals surface area contributed by atoms with Crippen molar-refractivity contribution in [2.75, 3.05) is 0 Å². The standard InChI is InChI=1S/C10H11Cl2N3O2/c1-5(9(13)15-17)14-10(16)6-2-3-7(11)8(12)4-6/h2-5,17H,1H3,(H2,13,15)(H,14,16). The molecule has 1 unspecified atom stereocenters. The van der Waals surface area contributed by atoms with Crippen molar-refractivity contribution in [1.29, 1.82) is 0 Å². The van der Waals surface area contributed by atoms with Gasteiger partial charge in [-0.05, 0) is 25.1 Å². The number of hydrogen-bond acceptors (Lipinski definition) is 3. The molecule has 0 saturated carbocycles. The summed E-state index contributed by atoms with van der Waals surface area (Å²) >= 11 is 11.5. The number of benzene rings is 1. The molecule has 0 heterocycles. The summed E-state index contributed by atoms with van der Waals surface area (Å²) in [6.07, 6.45) is 0. The lowest BCUT2D eigenvalue weighted by Crippen LogP contribution is -2.42. The van der Waals surface area contributed by atoms with Gasteiger partial charge in [0.2, 0.25) is 0 Å². The highest BCUT2D eigenvalue weighted by atomic mass is 35.5. The number of carbonyl (C=O) groups is 1. The highest BCUT2D eigenvalue weighted by Gasteiger charge is 2.13. The van der Waals surface area contributed by atoms with Crippen molar-refractivity contribution in [3.8, 4) is 0 Å². The van der Waals surface area contributed by atoms with Crippen molar-refractivity contribution in [3.05, 3.63) is 33.8 Å². The molecular formula is C10H11Cl2N3O2. The van der Waals surface area contributed by atoms with Gasteiger partial charge in [0, 0.05) is 5.56 Å². The van der Waals surface area contributed by atoms with E-state index in [0.717, 1.165) is 0 Å². The van der Waals surface area contributed by atoms with E-state index in [9.17, 15) is 4.79 Å². The Morgan fingerprint density at radius 3 is 2.65 bits per heavy atom. The quantitative estimate of drug-likeness (QED) is 0.341. The van der Waals surface area contributed by atoms with E-state index in [4.69, 9.17) is 34.1 Å². The van der Waals surface area contributed by atoms with Gasteiger partial charge in [-0.3, -0.25) is 4.79 Å². The molecule has 4 N–H and O–H groups in total. The zero-order valence-electron chi connectivity index (χ0n) is 8.95. The molecule has 1 atom stereocenters. The van der Waals surface area contributed by atoms with Crippen LogP contribution < -0.4 is 11.1 Å². The number of carbonyl (C=O) groups excluding carboxylic acids is 1. The van der Waals surface area contributed by atoms with Crippen molar-refractivity contribution in [2.24, 2.45) is 10.9 Å². The Hall–Kier alpha value is -1.46. The van der Waals surface area contributed by atoms with Crippen molar-refractivity contribution in [1.82, 2.24) is 5.32 Å². The first kappa shape index (κ1) is 13.6. The zero-order valence-corrected chi connectivity index (χ0v) is 10.5. The summed E-state index contributed by atoms with van der Waals surface area (Å²) in [6, 6.07) is 3.91. The van der Waals surface area contributed by atoms with E-state index < -0.39 is 6.04 Å². The lowest BCUT2D eigenvalue weighted by molar-refractivity contribution is 0.0948. The van der Waals surface area contributed by atoms with Gasteiger partial charge in [0.1, 0.15) is 0 Å². The molecule has 0 aliphatic rings. The van der Waals surface area contributed by atoms with Gasteiger partial charge >= 0.3 is 0 Å². The summed E-state index contributed by atoms with van der Waals surface area (Å²) in [6.45, 7) is 1.59. The molecule has 5 nitrogen and oxygen atoms in total. The van der Waals surface area contributed by atoms with Gasteiger partial charge < -0.3 is 16.3 Å². The van der Waals surface area contributed by atoms with E-state index >= 15 is 0 Å². The molecule has 0 spiro atoms.